The summed E-state index contributed by atoms with van der Waals surface area (Å²) in [5.41, 5.74) is 9.66. The van der Waals surface area contributed by atoms with Crippen LogP contribution >= 0.6 is 0 Å². The van der Waals surface area contributed by atoms with Gasteiger partial charge >= 0.3 is 0 Å². The molecule has 4 saturated heterocycles. The molecule has 40 heavy (non-hydrogen) atoms. The van der Waals surface area contributed by atoms with Crippen LogP contribution < -0.4 is 10.9 Å². The van der Waals surface area contributed by atoms with Crippen LogP contribution in [0.25, 0.3) is 0 Å². The van der Waals surface area contributed by atoms with Crippen LogP contribution in [0.1, 0.15) is 46.5 Å². The number of nitrogens with one attached hydrogen (secondary N) is 2. The van der Waals surface area contributed by atoms with Crippen molar-refractivity contribution in [3.8, 4) is 0 Å². The van der Waals surface area contributed by atoms with Crippen LogP contribution in [0, 0.1) is 0 Å². The maximum atomic E-state index is 13.5. The second-order valence-electron chi connectivity index (χ2n) is 11.5. The van der Waals surface area contributed by atoms with Crippen molar-refractivity contribution in [3.05, 3.63) is 39.0 Å². The number of hydrogen-bond donors (Lipinski definition) is 2. The number of ketones is 1. The molecular weight excluding hydrogens is 532 g/mol. The number of hydrazine groups is 2. The number of likely N-dealkylation sites (tertiary alicyclic amines) is 2. The van der Waals surface area contributed by atoms with Gasteiger partial charge in [-0.1, -0.05) is 11.6 Å². The largest absolute Gasteiger partial charge is 0.381 e. The molecule has 2 N–H and O–H groups in total. The number of hydrogen-bond acceptors (Lipinski definition) is 9. The number of Topliss-reactive ketones (excluding diaryl/α,β-unsaturated/α-hetero) is 1. The van der Waals surface area contributed by atoms with Gasteiger partial charge in [-0.15, -0.1) is 10.1 Å². The summed E-state index contributed by atoms with van der Waals surface area (Å²) in [6.45, 7) is 9.89. The predicted octanol–water partition coefficient (Wildman–Crippen LogP) is 0.949. The summed E-state index contributed by atoms with van der Waals surface area (Å²) in [5, 5.41) is 4.35. The van der Waals surface area contributed by atoms with E-state index >= 15 is 0 Å². The summed E-state index contributed by atoms with van der Waals surface area (Å²) >= 11 is 0. The zero-order chi connectivity index (χ0) is 29.0. The first-order valence-corrected chi connectivity index (χ1v) is 15.5. The number of nitrogens with zero attached hydrogens (tertiary/aromatic N) is 4. The average Bonchev–Trinajstić information content (AvgIpc) is 3.51. The highest BCUT2D eigenvalue weighted by molar-refractivity contribution is 7.93. The van der Waals surface area contributed by atoms with E-state index in [1.807, 2.05) is 6.92 Å². The molecule has 4 rings (SSSR count). The number of carbonyl (C=O) groups excluding carboxylic acids is 2. The highest BCUT2D eigenvalue weighted by Gasteiger charge is 2.49. The van der Waals surface area contributed by atoms with Crippen LogP contribution in [-0.2, 0) is 24.3 Å². The fraction of sp³-hybridized carbons (Fsp3) is 0.679. The van der Waals surface area contributed by atoms with Crippen LogP contribution in [0.15, 0.2) is 39.0 Å². The number of carbonyl (C=O) groups is 2. The summed E-state index contributed by atoms with van der Waals surface area (Å²) in [6.07, 6.45) is 5.33. The molecule has 4 heterocycles. The van der Waals surface area contributed by atoms with Gasteiger partial charge in [0.2, 0.25) is 5.91 Å². The molecule has 4 aliphatic rings. The molecule has 0 aromatic heterocycles. The molecule has 11 nitrogen and oxygen atoms in total. The lowest BCUT2D eigenvalue weighted by Gasteiger charge is -2.34. The number of piperidine rings is 1. The summed E-state index contributed by atoms with van der Waals surface area (Å²) < 4.78 is 33.0. The first-order valence-electron chi connectivity index (χ1n) is 14.1. The van der Waals surface area contributed by atoms with Crippen molar-refractivity contribution in [2.24, 2.45) is 0 Å². The topological polar surface area (TPSA) is 114 Å². The quantitative estimate of drug-likeness (QED) is 0.306. The van der Waals surface area contributed by atoms with E-state index in [1.54, 1.807) is 32.0 Å². The van der Waals surface area contributed by atoms with Crippen molar-refractivity contribution in [3.63, 3.8) is 0 Å². The Morgan fingerprint density at radius 2 is 1.90 bits per heavy atom. The van der Waals surface area contributed by atoms with E-state index in [1.165, 1.54) is 18.4 Å². The first-order chi connectivity index (χ1) is 19.0. The maximum absolute atomic E-state index is 13.5. The van der Waals surface area contributed by atoms with Gasteiger partial charge in [-0.3, -0.25) is 14.5 Å². The van der Waals surface area contributed by atoms with E-state index in [-0.39, 0.29) is 36.3 Å². The number of methoxy groups -OCH3 is 1. The van der Waals surface area contributed by atoms with Gasteiger partial charge in [0.1, 0.15) is 6.54 Å². The third-order valence-electron chi connectivity index (χ3n) is 7.87. The van der Waals surface area contributed by atoms with Crippen molar-refractivity contribution in [1.29, 1.82) is 0 Å². The number of sulfonamides is 1. The molecule has 0 radical (unpaired) electrons. The standard InChI is InChI=1S/C28H44N6O5S/c1-20(2)28-25(9-13-39-5)26-18-33(26)30-34(40(28,37)38)19-27(36)29-16-24(35)15-21(3)14-22-6-12-32(17-22)23-7-10-31(4)11-8-23/h9,23,26,30H,6-8,10-13,15-19H2,1-5H3,(H,29,36)/b25-9-. The Morgan fingerprint density at radius 1 is 1.18 bits per heavy atom. The van der Waals surface area contributed by atoms with Crippen LogP contribution in [0.3, 0.4) is 0 Å². The lowest BCUT2D eigenvalue weighted by atomic mass is 10.0. The molecule has 4 fully saturated rings. The average molecular weight is 577 g/mol. The molecule has 0 spiro atoms. The molecule has 0 aromatic carbocycles. The fourth-order valence-electron chi connectivity index (χ4n) is 5.74. The number of rotatable bonds is 9. The molecule has 4 aliphatic heterocycles. The van der Waals surface area contributed by atoms with E-state index in [2.05, 4.69) is 33.4 Å². The molecule has 0 aliphatic carbocycles. The van der Waals surface area contributed by atoms with Gasteiger partial charge in [0, 0.05) is 39.2 Å². The summed E-state index contributed by atoms with van der Waals surface area (Å²) in [5.74, 6) is -0.693. The van der Waals surface area contributed by atoms with Gasteiger partial charge in [0.15, 0.2) is 5.78 Å². The van der Waals surface area contributed by atoms with Crippen molar-refractivity contribution in [1.82, 2.24) is 30.1 Å². The van der Waals surface area contributed by atoms with Gasteiger partial charge in [-0.05, 0) is 76.9 Å². The molecule has 1 amide bonds. The van der Waals surface area contributed by atoms with Crippen molar-refractivity contribution in [2.45, 2.75) is 58.5 Å². The second kappa shape index (κ2) is 13.2. The molecule has 0 bridgehead atoms. The molecule has 2 atom stereocenters. The van der Waals surface area contributed by atoms with E-state index in [4.69, 9.17) is 4.74 Å². The lowest BCUT2D eigenvalue weighted by molar-refractivity contribution is -0.125. The molecule has 0 aromatic rings. The molecule has 222 valence electrons. The third kappa shape index (κ3) is 7.57. The van der Waals surface area contributed by atoms with E-state index < -0.39 is 22.5 Å². The smallest absolute Gasteiger partial charge is 0.257 e. The van der Waals surface area contributed by atoms with Crippen LogP contribution in [0.5, 0.6) is 0 Å². The van der Waals surface area contributed by atoms with Crippen LogP contribution in [0.4, 0.5) is 0 Å². The van der Waals surface area contributed by atoms with Gasteiger partial charge in [0.05, 0.1) is 24.1 Å². The van der Waals surface area contributed by atoms with E-state index in [0.717, 1.165) is 42.6 Å². The Kier molecular flexibility index (Phi) is 10.2. The van der Waals surface area contributed by atoms with Crippen molar-refractivity contribution < 1.29 is 22.7 Å². The Morgan fingerprint density at radius 3 is 2.58 bits per heavy atom. The normalized spacial score (nSPS) is 26.8. The van der Waals surface area contributed by atoms with Gasteiger partial charge in [-0.2, -0.15) is 5.53 Å². The van der Waals surface area contributed by atoms with Crippen LogP contribution in [0.2, 0.25) is 0 Å². The third-order valence-corrected chi connectivity index (χ3v) is 9.82. The summed E-state index contributed by atoms with van der Waals surface area (Å²) in [7, 11) is -0.272. The molecule has 0 saturated carbocycles. The van der Waals surface area contributed by atoms with Gasteiger partial charge in [0.25, 0.3) is 10.0 Å². The predicted molar refractivity (Wildman–Crippen MR) is 153 cm³/mol. The first kappa shape index (κ1) is 30.8. The van der Waals surface area contributed by atoms with Crippen molar-refractivity contribution in [2.75, 3.05) is 66.6 Å². The zero-order valence-corrected chi connectivity index (χ0v) is 25.3. The second-order valence-corrected chi connectivity index (χ2v) is 13.3. The zero-order valence-electron chi connectivity index (χ0n) is 24.5. The van der Waals surface area contributed by atoms with E-state index in [9.17, 15) is 18.0 Å². The lowest BCUT2D eigenvalue weighted by Crippen LogP contribution is -2.50. The minimum absolute atomic E-state index is 0.107. The van der Waals surface area contributed by atoms with Crippen LogP contribution in [-0.4, -0.2) is 118 Å². The Hall–Kier alpha value is -2.15. The molecular formula is C28H44N6O5S. The SMILES string of the molecule is COC/C=C1\C(=C(C)C)S(=O)(=O)N(CC(=O)NCC(=O)CC(C)=C=C2CCN(C3CCN(C)CC3)C2)NN2CC12. The number of amides is 1. The number of allylic oxidation sites excluding steroid dienone is 1. The van der Waals surface area contributed by atoms with Crippen molar-refractivity contribution >= 4 is 21.7 Å². The Bertz CT molecular complexity index is 1220. The summed E-state index contributed by atoms with van der Waals surface area (Å²) in [4.78, 5) is 30.4. The Labute approximate surface area is 238 Å². The highest BCUT2D eigenvalue weighted by atomic mass is 32.2. The number of ether oxygens (including phenoxy) is 1. The number of fused-ring (bicyclic) bond motifs is 1. The maximum Gasteiger partial charge on any atom is 0.257 e. The highest BCUT2D eigenvalue weighted by Crippen LogP contribution is 2.37. The minimum Gasteiger partial charge on any atom is -0.381 e. The minimum atomic E-state index is -4.00. The fourth-order valence-corrected chi connectivity index (χ4v) is 7.49. The molecule has 2 unspecified atom stereocenters. The Balaban J connectivity index is 1.30. The monoisotopic (exact) mass is 576 g/mol. The summed E-state index contributed by atoms with van der Waals surface area (Å²) in [6, 6.07) is 0.517. The van der Waals surface area contributed by atoms with Gasteiger partial charge in [-0.25, -0.2) is 13.4 Å². The molecule has 12 heteroatoms. The van der Waals surface area contributed by atoms with E-state index in [0.29, 0.717) is 23.7 Å². The van der Waals surface area contributed by atoms with Gasteiger partial charge < -0.3 is 15.0 Å².